The number of aryl methyl sites for hydroxylation is 1. The van der Waals surface area contributed by atoms with Crippen molar-refractivity contribution < 1.29 is 8.42 Å². The van der Waals surface area contributed by atoms with Gasteiger partial charge in [-0.2, -0.15) is 5.10 Å². The van der Waals surface area contributed by atoms with E-state index >= 15 is 0 Å². The molecule has 0 aliphatic heterocycles. The SMILES string of the molecule is CC(C)CNCc1ncnn1CCS(=O)(=O)C(C)(C)C. The zero-order chi connectivity index (χ0) is 15.4. The van der Waals surface area contributed by atoms with Gasteiger partial charge in [-0.15, -0.1) is 0 Å². The summed E-state index contributed by atoms with van der Waals surface area (Å²) in [7, 11) is -3.13. The van der Waals surface area contributed by atoms with E-state index in [4.69, 9.17) is 0 Å². The van der Waals surface area contributed by atoms with E-state index in [1.165, 1.54) is 6.33 Å². The van der Waals surface area contributed by atoms with Crippen molar-refractivity contribution in [2.24, 2.45) is 5.92 Å². The highest BCUT2D eigenvalue weighted by atomic mass is 32.2. The van der Waals surface area contributed by atoms with Gasteiger partial charge in [0.05, 0.1) is 23.6 Å². The third kappa shape index (κ3) is 4.86. The molecule has 6 nitrogen and oxygen atoms in total. The van der Waals surface area contributed by atoms with E-state index in [0.29, 0.717) is 19.0 Å². The van der Waals surface area contributed by atoms with Crippen LogP contribution in [0.2, 0.25) is 0 Å². The fraction of sp³-hybridized carbons (Fsp3) is 0.846. The summed E-state index contributed by atoms with van der Waals surface area (Å²) in [6.45, 7) is 11.3. The fourth-order valence-corrected chi connectivity index (χ4v) is 2.62. The summed E-state index contributed by atoms with van der Waals surface area (Å²) in [5.41, 5.74) is 0. The molecule has 0 aromatic carbocycles. The monoisotopic (exact) mass is 302 g/mol. The normalized spacial score (nSPS) is 13.1. The van der Waals surface area contributed by atoms with Crippen molar-refractivity contribution in [3.63, 3.8) is 0 Å². The molecule has 0 amide bonds. The Kier molecular flexibility index (Phi) is 5.70. The van der Waals surface area contributed by atoms with Gasteiger partial charge in [0.2, 0.25) is 0 Å². The predicted octanol–water partition coefficient (Wildman–Crippen LogP) is 1.24. The lowest BCUT2D eigenvalue weighted by molar-refractivity contribution is 0.513. The van der Waals surface area contributed by atoms with Crippen LogP contribution in [-0.2, 0) is 22.9 Å². The van der Waals surface area contributed by atoms with Crippen molar-refractivity contribution in [1.29, 1.82) is 0 Å². The molecule has 1 rings (SSSR count). The highest BCUT2D eigenvalue weighted by Gasteiger charge is 2.28. The van der Waals surface area contributed by atoms with E-state index in [-0.39, 0.29) is 5.75 Å². The Morgan fingerprint density at radius 2 is 2.00 bits per heavy atom. The molecule has 0 radical (unpaired) electrons. The summed E-state index contributed by atoms with van der Waals surface area (Å²) in [5.74, 6) is 1.42. The molecule has 0 saturated heterocycles. The lowest BCUT2D eigenvalue weighted by atomic mass is 10.2. The first-order valence-electron chi connectivity index (χ1n) is 6.93. The predicted molar refractivity (Wildman–Crippen MR) is 80.1 cm³/mol. The highest BCUT2D eigenvalue weighted by Crippen LogP contribution is 2.16. The van der Waals surface area contributed by atoms with Gasteiger partial charge in [0, 0.05) is 0 Å². The second kappa shape index (κ2) is 6.67. The van der Waals surface area contributed by atoms with Gasteiger partial charge in [0.1, 0.15) is 12.2 Å². The maximum Gasteiger partial charge on any atom is 0.157 e. The van der Waals surface area contributed by atoms with Crippen LogP contribution in [0.15, 0.2) is 6.33 Å². The maximum absolute atomic E-state index is 12.1. The zero-order valence-corrected chi connectivity index (χ0v) is 13.9. The van der Waals surface area contributed by atoms with Crippen LogP contribution in [0.3, 0.4) is 0 Å². The Labute approximate surface area is 121 Å². The molecule has 0 fully saturated rings. The second-order valence-corrected chi connectivity index (χ2v) is 9.22. The van der Waals surface area contributed by atoms with Gasteiger partial charge in [-0.1, -0.05) is 13.8 Å². The fourth-order valence-electron chi connectivity index (χ4n) is 1.60. The number of hydrogen-bond acceptors (Lipinski definition) is 5. The Morgan fingerprint density at radius 3 is 2.55 bits per heavy atom. The lowest BCUT2D eigenvalue weighted by Gasteiger charge is -2.19. The van der Waals surface area contributed by atoms with Crippen molar-refractivity contribution >= 4 is 9.84 Å². The van der Waals surface area contributed by atoms with Crippen LogP contribution in [0.4, 0.5) is 0 Å². The molecule has 0 atom stereocenters. The minimum Gasteiger partial charge on any atom is -0.310 e. The molecule has 7 heteroatoms. The van der Waals surface area contributed by atoms with E-state index in [2.05, 4.69) is 29.2 Å². The van der Waals surface area contributed by atoms with Crippen molar-refractivity contribution in [1.82, 2.24) is 20.1 Å². The number of aromatic nitrogens is 3. The van der Waals surface area contributed by atoms with Gasteiger partial charge in [0.15, 0.2) is 9.84 Å². The molecule has 0 unspecified atom stereocenters. The summed E-state index contributed by atoms with van der Waals surface area (Å²) in [6.07, 6.45) is 1.47. The van der Waals surface area contributed by atoms with Crippen LogP contribution in [0.25, 0.3) is 0 Å². The molecule has 20 heavy (non-hydrogen) atoms. The highest BCUT2D eigenvalue weighted by molar-refractivity contribution is 7.92. The average molecular weight is 302 g/mol. The Morgan fingerprint density at radius 1 is 1.35 bits per heavy atom. The summed E-state index contributed by atoms with van der Waals surface area (Å²) >= 11 is 0. The van der Waals surface area contributed by atoms with Crippen LogP contribution in [0, 0.1) is 5.92 Å². The largest absolute Gasteiger partial charge is 0.310 e. The summed E-state index contributed by atoms with van der Waals surface area (Å²) in [4.78, 5) is 4.17. The molecular weight excluding hydrogens is 276 g/mol. The van der Waals surface area contributed by atoms with Crippen LogP contribution in [-0.4, -0.2) is 40.2 Å². The molecular formula is C13H26N4O2S. The van der Waals surface area contributed by atoms with Crippen LogP contribution in [0.1, 0.15) is 40.4 Å². The van der Waals surface area contributed by atoms with E-state index in [1.807, 2.05) is 0 Å². The molecule has 0 spiro atoms. The van der Waals surface area contributed by atoms with Gasteiger partial charge in [-0.25, -0.2) is 18.1 Å². The average Bonchev–Trinajstić information content (AvgIpc) is 2.72. The van der Waals surface area contributed by atoms with Crippen molar-refractivity contribution in [3.05, 3.63) is 12.2 Å². The van der Waals surface area contributed by atoms with Gasteiger partial charge in [-0.05, 0) is 33.2 Å². The number of hydrogen-bond donors (Lipinski definition) is 1. The summed E-state index contributed by atoms with van der Waals surface area (Å²) in [5, 5.41) is 7.38. The minimum atomic E-state index is -3.13. The van der Waals surface area contributed by atoms with Crippen molar-refractivity contribution in [2.45, 2.75) is 52.5 Å². The first-order valence-corrected chi connectivity index (χ1v) is 8.58. The molecule has 0 aliphatic carbocycles. The van der Waals surface area contributed by atoms with Crippen molar-refractivity contribution in [2.75, 3.05) is 12.3 Å². The number of nitrogens with one attached hydrogen (secondary N) is 1. The third-order valence-corrected chi connectivity index (χ3v) is 5.62. The smallest absolute Gasteiger partial charge is 0.157 e. The van der Waals surface area contributed by atoms with E-state index in [1.54, 1.807) is 25.5 Å². The molecule has 1 heterocycles. The number of sulfone groups is 1. The van der Waals surface area contributed by atoms with Gasteiger partial charge < -0.3 is 5.32 Å². The van der Waals surface area contributed by atoms with Crippen LogP contribution >= 0.6 is 0 Å². The quantitative estimate of drug-likeness (QED) is 0.820. The maximum atomic E-state index is 12.1. The van der Waals surface area contributed by atoms with Gasteiger partial charge in [-0.3, -0.25) is 0 Å². The van der Waals surface area contributed by atoms with E-state index in [9.17, 15) is 8.42 Å². The van der Waals surface area contributed by atoms with Gasteiger partial charge >= 0.3 is 0 Å². The van der Waals surface area contributed by atoms with E-state index in [0.717, 1.165) is 12.4 Å². The van der Waals surface area contributed by atoms with Crippen molar-refractivity contribution in [3.8, 4) is 0 Å². The van der Waals surface area contributed by atoms with Crippen LogP contribution in [0.5, 0.6) is 0 Å². The number of nitrogens with zero attached hydrogens (tertiary/aromatic N) is 3. The third-order valence-electron chi connectivity index (χ3n) is 3.04. The van der Waals surface area contributed by atoms with Crippen LogP contribution < -0.4 is 5.32 Å². The zero-order valence-electron chi connectivity index (χ0n) is 13.0. The summed E-state index contributed by atoms with van der Waals surface area (Å²) < 4.78 is 25.1. The standard InChI is InChI=1S/C13H26N4O2S/c1-11(2)8-14-9-12-15-10-16-17(12)6-7-20(18,19)13(3,4)5/h10-11,14H,6-9H2,1-5H3. The lowest BCUT2D eigenvalue weighted by Crippen LogP contribution is -2.32. The minimum absolute atomic E-state index is 0.0804. The first-order chi connectivity index (χ1) is 9.13. The molecule has 116 valence electrons. The molecule has 0 bridgehead atoms. The molecule has 1 N–H and O–H groups in total. The van der Waals surface area contributed by atoms with Gasteiger partial charge in [0.25, 0.3) is 0 Å². The topological polar surface area (TPSA) is 76.9 Å². The Balaban J connectivity index is 2.60. The first kappa shape index (κ1) is 17.1. The second-order valence-electron chi connectivity index (χ2n) is 6.36. The molecule has 0 aliphatic rings. The van der Waals surface area contributed by atoms with E-state index < -0.39 is 14.6 Å². The molecule has 1 aromatic heterocycles. The molecule has 0 saturated carbocycles. The summed E-state index contributed by atoms with van der Waals surface area (Å²) in [6, 6.07) is 0. The Hall–Kier alpha value is -0.950. The Bertz CT molecular complexity index is 515. The number of rotatable bonds is 7. The molecule has 1 aromatic rings.